The molecule has 0 aliphatic heterocycles. The number of hydrogen-bond acceptors (Lipinski definition) is 2. The highest BCUT2D eigenvalue weighted by atomic mass is 14.6. The van der Waals surface area contributed by atoms with Crippen LogP contribution in [0.3, 0.4) is 0 Å². The first-order valence-electron chi connectivity index (χ1n) is 11.8. The fourth-order valence-corrected chi connectivity index (χ4v) is 4.31. The van der Waals surface area contributed by atoms with Crippen LogP contribution in [0, 0.1) is 13.8 Å². The molecular formula is C31H34N2. The molecule has 4 aromatic rings. The fourth-order valence-electron chi connectivity index (χ4n) is 4.31. The van der Waals surface area contributed by atoms with E-state index in [-0.39, 0.29) is 0 Å². The molecule has 33 heavy (non-hydrogen) atoms. The average Bonchev–Trinajstić information content (AvgIpc) is 2.81. The lowest BCUT2D eigenvalue weighted by molar-refractivity contribution is 0.819. The molecular weight excluding hydrogens is 400 g/mol. The number of hydrogen-bond donors (Lipinski definition) is 2. The van der Waals surface area contributed by atoms with Crippen molar-refractivity contribution >= 4 is 11.4 Å². The minimum Gasteiger partial charge on any atom is -0.399 e. The maximum absolute atomic E-state index is 5.93. The summed E-state index contributed by atoms with van der Waals surface area (Å²) in [7, 11) is 0. The lowest BCUT2D eigenvalue weighted by Gasteiger charge is -2.08. The molecule has 0 aliphatic carbocycles. The van der Waals surface area contributed by atoms with E-state index < -0.39 is 0 Å². The summed E-state index contributed by atoms with van der Waals surface area (Å²) in [5.74, 6) is 0. The molecule has 0 aromatic heterocycles. The zero-order valence-electron chi connectivity index (χ0n) is 19.8. The highest BCUT2D eigenvalue weighted by Crippen LogP contribution is 2.19. The molecule has 2 heteroatoms. The summed E-state index contributed by atoms with van der Waals surface area (Å²) >= 11 is 0. The third-order valence-corrected chi connectivity index (χ3v) is 6.46. The molecule has 0 heterocycles. The molecule has 0 amide bonds. The predicted octanol–water partition coefficient (Wildman–Crippen LogP) is 6.82. The minimum absolute atomic E-state index is 0.862. The maximum Gasteiger partial charge on any atom is 0.0343 e. The Hall–Kier alpha value is -3.52. The van der Waals surface area contributed by atoms with E-state index in [1.54, 1.807) is 0 Å². The summed E-state index contributed by atoms with van der Waals surface area (Å²) in [6.07, 6.45) is 5.27. The van der Waals surface area contributed by atoms with Gasteiger partial charge in [-0.1, -0.05) is 72.8 Å². The Kier molecular flexibility index (Phi) is 7.14. The van der Waals surface area contributed by atoms with E-state index >= 15 is 0 Å². The van der Waals surface area contributed by atoms with Gasteiger partial charge in [0.1, 0.15) is 0 Å². The average molecular weight is 435 g/mol. The van der Waals surface area contributed by atoms with E-state index in [2.05, 4.69) is 86.6 Å². The lowest BCUT2D eigenvalue weighted by atomic mass is 9.98. The second-order valence-corrected chi connectivity index (χ2v) is 9.22. The quantitative estimate of drug-likeness (QED) is 0.299. The zero-order chi connectivity index (χ0) is 23.2. The second-order valence-electron chi connectivity index (χ2n) is 9.22. The first-order chi connectivity index (χ1) is 16.0. The number of nitrogen functional groups attached to an aromatic ring is 2. The Bertz CT molecular complexity index is 1110. The molecule has 168 valence electrons. The number of anilines is 2. The van der Waals surface area contributed by atoms with Crippen molar-refractivity contribution in [3.8, 4) is 0 Å². The molecule has 0 spiro atoms. The Morgan fingerprint density at radius 3 is 1.15 bits per heavy atom. The van der Waals surface area contributed by atoms with Gasteiger partial charge in [0.05, 0.1) is 0 Å². The lowest BCUT2D eigenvalue weighted by Crippen LogP contribution is -1.95. The van der Waals surface area contributed by atoms with E-state index in [0.29, 0.717) is 0 Å². The van der Waals surface area contributed by atoms with Gasteiger partial charge in [-0.3, -0.25) is 0 Å². The van der Waals surface area contributed by atoms with Crippen molar-refractivity contribution in [1.29, 1.82) is 0 Å². The van der Waals surface area contributed by atoms with Crippen molar-refractivity contribution in [2.24, 2.45) is 0 Å². The van der Waals surface area contributed by atoms with Gasteiger partial charge in [0.2, 0.25) is 0 Å². The van der Waals surface area contributed by atoms with E-state index in [0.717, 1.165) is 54.6 Å². The van der Waals surface area contributed by atoms with E-state index in [4.69, 9.17) is 11.5 Å². The molecule has 0 radical (unpaired) electrons. The van der Waals surface area contributed by atoms with Gasteiger partial charge in [0.25, 0.3) is 0 Å². The second kappa shape index (κ2) is 10.4. The van der Waals surface area contributed by atoms with Crippen LogP contribution >= 0.6 is 0 Å². The summed E-state index contributed by atoms with van der Waals surface area (Å²) in [4.78, 5) is 0. The van der Waals surface area contributed by atoms with Crippen LogP contribution in [-0.4, -0.2) is 0 Å². The van der Waals surface area contributed by atoms with Gasteiger partial charge in [-0.25, -0.2) is 0 Å². The Morgan fingerprint density at radius 2 is 0.788 bits per heavy atom. The SMILES string of the molecule is Cc1cc(Cc2ccc(CCCc3ccc(Cc4ccc(N)c(C)c4)cc3)cc2)ccc1N. The van der Waals surface area contributed by atoms with Crippen LogP contribution < -0.4 is 11.5 Å². The largest absolute Gasteiger partial charge is 0.399 e. The predicted molar refractivity (Wildman–Crippen MR) is 142 cm³/mol. The maximum atomic E-state index is 5.93. The van der Waals surface area contributed by atoms with Gasteiger partial charge in [0, 0.05) is 11.4 Å². The van der Waals surface area contributed by atoms with Crippen molar-refractivity contribution in [2.75, 3.05) is 11.5 Å². The highest BCUT2D eigenvalue weighted by Gasteiger charge is 2.03. The molecule has 0 bridgehead atoms. The van der Waals surface area contributed by atoms with Crippen molar-refractivity contribution in [3.05, 3.63) is 129 Å². The van der Waals surface area contributed by atoms with Crippen molar-refractivity contribution < 1.29 is 0 Å². The molecule has 0 unspecified atom stereocenters. The van der Waals surface area contributed by atoms with Crippen molar-refractivity contribution in [3.63, 3.8) is 0 Å². The molecule has 0 atom stereocenters. The fraction of sp³-hybridized carbons (Fsp3) is 0.226. The van der Waals surface area contributed by atoms with E-state index in [9.17, 15) is 0 Å². The van der Waals surface area contributed by atoms with Crippen LogP contribution in [0.2, 0.25) is 0 Å². The van der Waals surface area contributed by atoms with E-state index in [1.165, 1.54) is 33.4 Å². The molecule has 4 rings (SSSR count). The highest BCUT2D eigenvalue weighted by molar-refractivity contribution is 5.49. The first kappa shape index (κ1) is 22.7. The van der Waals surface area contributed by atoms with Crippen LogP contribution in [0.5, 0.6) is 0 Å². The Labute approximate surface area is 198 Å². The molecule has 0 aliphatic rings. The third-order valence-electron chi connectivity index (χ3n) is 6.46. The standard InChI is InChI=1S/C31H34N2/c1-22-18-28(14-16-30(22)32)20-26-10-6-24(7-11-26)4-3-5-25-8-12-27(13-9-25)21-29-15-17-31(33)23(2)19-29/h6-19H,3-5,20-21,32-33H2,1-2H3. The molecule has 4 N–H and O–H groups in total. The molecule has 4 aromatic carbocycles. The molecule has 0 fully saturated rings. The van der Waals surface area contributed by atoms with Gasteiger partial charge < -0.3 is 11.5 Å². The Morgan fingerprint density at radius 1 is 0.455 bits per heavy atom. The number of aryl methyl sites for hydroxylation is 4. The van der Waals surface area contributed by atoms with Crippen LogP contribution in [0.15, 0.2) is 84.9 Å². The Balaban J connectivity index is 1.25. The summed E-state index contributed by atoms with van der Waals surface area (Å²) in [5, 5.41) is 0. The summed E-state index contributed by atoms with van der Waals surface area (Å²) < 4.78 is 0. The van der Waals surface area contributed by atoms with Crippen LogP contribution in [0.1, 0.15) is 50.9 Å². The van der Waals surface area contributed by atoms with Crippen molar-refractivity contribution in [1.82, 2.24) is 0 Å². The minimum atomic E-state index is 0.862. The molecule has 2 nitrogen and oxygen atoms in total. The third kappa shape index (κ3) is 6.26. The topological polar surface area (TPSA) is 52.0 Å². The van der Waals surface area contributed by atoms with Crippen LogP contribution in [0.25, 0.3) is 0 Å². The van der Waals surface area contributed by atoms with Crippen molar-refractivity contribution in [2.45, 2.75) is 46.0 Å². The summed E-state index contributed by atoms with van der Waals surface area (Å²) in [5.41, 5.74) is 24.0. The normalized spacial score (nSPS) is 11.0. The number of rotatable bonds is 8. The summed E-state index contributed by atoms with van der Waals surface area (Å²) in [6, 6.07) is 30.8. The smallest absolute Gasteiger partial charge is 0.0343 e. The van der Waals surface area contributed by atoms with Gasteiger partial charge in [-0.05, 0) is 103 Å². The number of benzene rings is 4. The molecule has 0 saturated carbocycles. The van der Waals surface area contributed by atoms with Gasteiger partial charge in [-0.2, -0.15) is 0 Å². The van der Waals surface area contributed by atoms with E-state index in [1.807, 2.05) is 12.1 Å². The van der Waals surface area contributed by atoms with Gasteiger partial charge in [-0.15, -0.1) is 0 Å². The van der Waals surface area contributed by atoms with Gasteiger partial charge >= 0.3 is 0 Å². The first-order valence-corrected chi connectivity index (χ1v) is 11.8. The van der Waals surface area contributed by atoms with Crippen LogP contribution in [0.4, 0.5) is 11.4 Å². The molecule has 0 saturated heterocycles. The zero-order valence-corrected chi connectivity index (χ0v) is 19.8. The van der Waals surface area contributed by atoms with Gasteiger partial charge in [0.15, 0.2) is 0 Å². The summed E-state index contributed by atoms with van der Waals surface area (Å²) in [6.45, 7) is 4.13. The monoisotopic (exact) mass is 434 g/mol. The number of nitrogens with two attached hydrogens (primary N) is 2. The van der Waals surface area contributed by atoms with Crippen LogP contribution in [-0.2, 0) is 25.7 Å².